The normalized spacial score (nSPS) is 20.8. The Balaban J connectivity index is 1.47. The maximum atomic E-state index is 12.7. The van der Waals surface area contributed by atoms with Crippen LogP contribution in [0, 0.1) is 25.2 Å². The van der Waals surface area contributed by atoms with Crippen molar-refractivity contribution in [1.82, 2.24) is 9.55 Å². The average molecular weight is 415 g/mol. The molecule has 0 unspecified atom stereocenters. The molecule has 0 atom stereocenters. The number of aromatic nitrogens is 2. The molecule has 0 spiro atoms. The van der Waals surface area contributed by atoms with E-state index < -0.39 is 5.41 Å². The largest absolute Gasteiger partial charge is 0.393 e. The minimum absolute atomic E-state index is 0.214. The molecule has 158 valence electrons. The average Bonchev–Trinajstić information content (AvgIpc) is 3.25. The van der Waals surface area contributed by atoms with Crippen LogP contribution in [-0.2, 0) is 5.41 Å². The predicted molar refractivity (Wildman–Crippen MR) is 119 cm³/mol. The summed E-state index contributed by atoms with van der Waals surface area (Å²) >= 11 is 0. The maximum Gasteiger partial charge on any atom is 0.257 e. The molecule has 1 amide bonds. The summed E-state index contributed by atoms with van der Waals surface area (Å²) in [6.45, 7) is 4.11. The molecule has 2 heterocycles. The molecule has 6 nitrogen and oxygen atoms in total. The highest BCUT2D eigenvalue weighted by atomic mass is 16.3. The zero-order valence-corrected chi connectivity index (χ0v) is 17.8. The molecule has 6 heteroatoms. The number of amides is 1. The third kappa shape index (κ3) is 4.23. The number of hydrogen-bond acceptors (Lipinski definition) is 4. The molecule has 4 rings (SSSR count). The zero-order valence-electron chi connectivity index (χ0n) is 17.8. The molecule has 31 heavy (non-hydrogen) atoms. The molecule has 1 aromatic carbocycles. The summed E-state index contributed by atoms with van der Waals surface area (Å²) in [4.78, 5) is 17.2. The Kier molecular flexibility index (Phi) is 5.62. The molecule has 0 saturated heterocycles. The van der Waals surface area contributed by atoms with Crippen molar-refractivity contribution in [2.45, 2.75) is 51.0 Å². The van der Waals surface area contributed by atoms with Gasteiger partial charge in [-0.1, -0.05) is 17.7 Å². The number of rotatable bonds is 4. The van der Waals surface area contributed by atoms with E-state index in [2.05, 4.69) is 42.4 Å². The molecule has 1 aliphatic carbocycles. The highest BCUT2D eigenvalue weighted by molar-refractivity contribution is 6.04. The summed E-state index contributed by atoms with van der Waals surface area (Å²) in [6.07, 6.45) is 7.34. The lowest BCUT2D eigenvalue weighted by atomic mass is 9.72. The number of pyridine rings is 1. The van der Waals surface area contributed by atoms with E-state index in [4.69, 9.17) is 0 Å². The van der Waals surface area contributed by atoms with Crippen LogP contribution >= 0.6 is 0 Å². The Labute approximate surface area is 182 Å². The number of carbonyl (C=O) groups excluding carboxylic acids is 1. The van der Waals surface area contributed by atoms with Gasteiger partial charge in [-0.05, 0) is 69.4 Å². The van der Waals surface area contributed by atoms with Gasteiger partial charge in [0.05, 0.1) is 40.7 Å². The Hall–Kier alpha value is -3.43. The lowest BCUT2D eigenvalue weighted by molar-refractivity contribution is 0.102. The first kappa shape index (κ1) is 20.8. The second-order valence-corrected chi connectivity index (χ2v) is 8.41. The molecule has 2 aromatic heterocycles. The van der Waals surface area contributed by atoms with Crippen LogP contribution in [0.25, 0.3) is 5.69 Å². The summed E-state index contributed by atoms with van der Waals surface area (Å²) in [5, 5.41) is 22.4. The Morgan fingerprint density at radius 2 is 2.00 bits per heavy atom. The maximum absolute atomic E-state index is 12.7. The summed E-state index contributed by atoms with van der Waals surface area (Å²) in [5.41, 5.74) is 4.55. The molecule has 0 bridgehead atoms. The third-order valence-corrected chi connectivity index (χ3v) is 6.12. The van der Waals surface area contributed by atoms with Crippen molar-refractivity contribution in [2.24, 2.45) is 0 Å². The topological polar surface area (TPSA) is 90.9 Å². The van der Waals surface area contributed by atoms with Gasteiger partial charge in [-0.3, -0.25) is 9.78 Å². The molecule has 1 aliphatic rings. The smallest absolute Gasteiger partial charge is 0.257 e. The van der Waals surface area contributed by atoms with Crippen LogP contribution in [0.2, 0.25) is 0 Å². The number of hydrogen-bond donors (Lipinski definition) is 2. The van der Waals surface area contributed by atoms with Gasteiger partial charge in [0.15, 0.2) is 0 Å². The van der Waals surface area contributed by atoms with Crippen LogP contribution in [0.15, 0.2) is 55.0 Å². The van der Waals surface area contributed by atoms with Crippen molar-refractivity contribution in [2.75, 3.05) is 5.32 Å². The highest BCUT2D eigenvalue weighted by Crippen LogP contribution is 2.38. The molecule has 0 radical (unpaired) electrons. The fourth-order valence-electron chi connectivity index (χ4n) is 4.25. The number of anilines is 1. The van der Waals surface area contributed by atoms with Gasteiger partial charge in [0.2, 0.25) is 0 Å². The zero-order chi connectivity index (χ0) is 22.0. The van der Waals surface area contributed by atoms with E-state index in [1.807, 2.05) is 23.0 Å². The molecule has 3 aromatic rings. The second-order valence-electron chi connectivity index (χ2n) is 8.41. The van der Waals surface area contributed by atoms with E-state index in [0.29, 0.717) is 42.6 Å². The number of aliphatic hydroxyl groups is 1. The van der Waals surface area contributed by atoms with Gasteiger partial charge in [0, 0.05) is 18.1 Å². The van der Waals surface area contributed by atoms with Crippen molar-refractivity contribution >= 4 is 11.6 Å². The second kappa shape index (κ2) is 8.37. The molecule has 1 saturated carbocycles. The van der Waals surface area contributed by atoms with E-state index >= 15 is 0 Å². The van der Waals surface area contributed by atoms with Crippen molar-refractivity contribution in [3.63, 3.8) is 0 Å². The number of aliphatic hydroxyl groups excluding tert-OH is 1. The van der Waals surface area contributed by atoms with Gasteiger partial charge >= 0.3 is 0 Å². The lowest BCUT2D eigenvalue weighted by Gasteiger charge is -2.32. The summed E-state index contributed by atoms with van der Waals surface area (Å²) in [7, 11) is 0. The monoisotopic (exact) mass is 414 g/mol. The number of aryl methyl sites for hydroxylation is 2. The number of carbonyl (C=O) groups is 1. The van der Waals surface area contributed by atoms with Crippen molar-refractivity contribution in [1.29, 1.82) is 5.26 Å². The molecule has 2 N–H and O–H groups in total. The fourth-order valence-corrected chi connectivity index (χ4v) is 4.25. The van der Waals surface area contributed by atoms with Gasteiger partial charge in [0.25, 0.3) is 5.91 Å². The predicted octanol–water partition coefficient (Wildman–Crippen LogP) is 4.44. The number of nitriles is 1. The van der Waals surface area contributed by atoms with Crippen LogP contribution in [0.5, 0.6) is 0 Å². The number of nitrogens with zero attached hydrogens (tertiary/aromatic N) is 3. The molecule has 0 aliphatic heterocycles. The first-order valence-corrected chi connectivity index (χ1v) is 10.5. The Bertz CT molecular complexity index is 1130. The van der Waals surface area contributed by atoms with Gasteiger partial charge in [-0.25, -0.2) is 0 Å². The lowest BCUT2D eigenvalue weighted by Crippen LogP contribution is -2.33. The van der Waals surface area contributed by atoms with E-state index in [0.717, 1.165) is 11.3 Å². The van der Waals surface area contributed by atoms with Crippen LogP contribution in [0.4, 0.5) is 5.69 Å². The molecule has 1 fully saturated rings. The van der Waals surface area contributed by atoms with Crippen LogP contribution in [-0.4, -0.2) is 26.7 Å². The molecular weight excluding hydrogens is 388 g/mol. The standard InChI is InChI=1S/C25H26N4O2/c1-17-3-5-22(18(2)13-17)29-12-9-19(15-29)24(31)28-20-4-6-23(27-14-20)25(16-26)10-7-21(30)8-11-25/h3-6,9,12-15,21,30H,7-8,10-11H2,1-2H3,(H,28,31)/t21-,25-. The van der Waals surface area contributed by atoms with E-state index in [1.165, 1.54) is 5.56 Å². The summed E-state index contributed by atoms with van der Waals surface area (Å²) < 4.78 is 1.94. The third-order valence-electron chi connectivity index (χ3n) is 6.12. The van der Waals surface area contributed by atoms with Crippen molar-refractivity contribution < 1.29 is 9.90 Å². The van der Waals surface area contributed by atoms with Gasteiger partial charge in [0.1, 0.15) is 0 Å². The SMILES string of the molecule is Cc1ccc(-n2ccc(C(=O)Nc3ccc([C@]4(C#N)CC[C@@H](O)CC4)nc3)c2)c(C)c1. The fraction of sp³-hybridized carbons (Fsp3) is 0.320. The minimum atomic E-state index is -0.662. The van der Waals surface area contributed by atoms with Crippen LogP contribution in [0.3, 0.4) is 0 Å². The first-order valence-electron chi connectivity index (χ1n) is 10.5. The van der Waals surface area contributed by atoms with Gasteiger partial charge < -0.3 is 15.0 Å². The summed E-state index contributed by atoms with van der Waals surface area (Å²) in [5.74, 6) is -0.214. The highest BCUT2D eigenvalue weighted by Gasteiger charge is 2.37. The van der Waals surface area contributed by atoms with E-state index in [-0.39, 0.29) is 12.0 Å². The first-order chi connectivity index (χ1) is 14.9. The van der Waals surface area contributed by atoms with Crippen molar-refractivity contribution in [3.8, 4) is 11.8 Å². The number of benzene rings is 1. The minimum Gasteiger partial charge on any atom is -0.393 e. The van der Waals surface area contributed by atoms with Gasteiger partial charge in [-0.2, -0.15) is 5.26 Å². The number of nitrogens with one attached hydrogen (secondary N) is 1. The summed E-state index contributed by atoms with van der Waals surface area (Å²) in [6, 6.07) is 14.0. The van der Waals surface area contributed by atoms with Crippen LogP contribution in [0.1, 0.15) is 52.9 Å². The van der Waals surface area contributed by atoms with Gasteiger partial charge in [-0.15, -0.1) is 0 Å². The van der Waals surface area contributed by atoms with Crippen molar-refractivity contribution in [3.05, 3.63) is 77.4 Å². The quantitative estimate of drug-likeness (QED) is 0.660. The Morgan fingerprint density at radius 3 is 2.65 bits per heavy atom. The van der Waals surface area contributed by atoms with E-state index in [9.17, 15) is 15.2 Å². The Morgan fingerprint density at radius 1 is 1.23 bits per heavy atom. The van der Waals surface area contributed by atoms with Crippen LogP contribution < -0.4 is 5.32 Å². The van der Waals surface area contributed by atoms with E-state index in [1.54, 1.807) is 24.4 Å². The molecular formula is C25H26N4O2.